The Morgan fingerprint density at radius 2 is 1.14 bits per heavy atom. The van der Waals surface area contributed by atoms with E-state index >= 15 is 0 Å². The Balaban J connectivity index is 3.50. The Labute approximate surface area is 75.4 Å². The summed E-state index contributed by atoms with van der Waals surface area (Å²) in [4.78, 5) is 0. The van der Waals surface area contributed by atoms with Gasteiger partial charge in [-0.1, -0.05) is 6.58 Å². The first kappa shape index (κ1) is 10.5. The van der Waals surface area contributed by atoms with Gasteiger partial charge in [-0.05, 0) is 0 Å². The molecular weight excluding hydrogens is 207 g/mol. The standard InChI is InChI=1S/C8H3F5O/c1-2-14-8-6(12)4(10)3(9)5(11)7(8)13/h2H,1H2. The van der Waals surface area contributed by atoms with Gasteiger partial charge in [0.15, 0.2) is 0 Å². The quantitative estimate of drug-likeness (QED) is 0.315. The first-order valence-electron chi connectivity index (χ1n) is 3.29. The number of hydrogen-bond acceptors (Lipinski definition) is 1. The number of ether oxygens (including phenoxy) is 1. The molecule has 6 heteroatoms. The molecule has 0 aliphatic heterocycles. The molecular formula is C8H3F5O. The van der Waals surface area contributed by atoms with Gasteiger partial charge in [-0.15, -0.1) is 0 Å². The van der Waals surface area contributed by atoms with Crippen LogP contribution in [-0.4, -0.2) is 0 Å². The van der Waals surface area contributed by atoms with Crippen LogP contribution >= 0.6 is 0 Å². The van der Waals surface area contributed by atoms with E-state index in [9.17, 15) is 22.0 Å². The van der Waals surface area contributed by atoms with Gasteiger partial charge in [-0.3, -0.25) is 0 Å². The normalized spacial score (nSPS) is 10.1. The molecule has 0 aliphatic carbocycles. The Morgan fingerprint density at radius 1 is 0.786 bits per heavy atom. The first-order chi connectivity index (χ1) is 6.50. The maximum absolute atomic E-state index is 12.7. The molecule has 0 unspecified atom stereocenters. The van der Waals surface area contributed by atoms with Crippen molar-refractivity contribution in [2.45, 2.75) is 0 Å². The molecule has 0 spiro atoms. The highest BCUT2D eigenvalue weighted by Gasteiger charge is 2.26. The first-order valence-corrected chi connectivity index (χ1v) is 3.29. The van der Waals surface area contributed by atoms with E-state index in [1.807, 2.05) is 0 Å². The molecule has 0 aliphatic rings. The Hall–Kier alpha value is -1.59. The summed E-state index contributed by atoms with van der Waals surface area (Å²) in [5, 5.41) is 0. The summed E-state index contributed by atoms with van der Waals surface area (Å²) in [6, 6.07) is 0. The van der Waals surface area contributed by atoms with Crippen molar-refractivity contribution < 1.29 is 26.7 Å². The van der Waals surface area contributed by atoms with Crippen molar-refractivity contribution in [3.63, 3.8) is 0 Å². The molecule has 1 aromatic carbocycles. The van der Waals surface area contributed by atoms with Gasteiger partial charge < -0.3 is 4.74 Å². The molecule has 0 amide bonds. The molecule has 0 atom stereocenters. The van der Waals surface area contributed by atoms with Crippen LogP contribution in [0.25, 0.3) is 0 Å². The Kier molecular flexibility index (Phi) is 2.73. The number of hydrogen-bond donors (Lipinski definition) is 0. The lowest BCUT2D eigenvalue weighted by molar-refractivity contribution is 0.332. The minimum atomic E-state index is -2.23. The summed E-state index contributed by atoms with van der Waals surface area (Å²) >= 11 is 0. The van der Waals surface area contributed by atoms with Crippen LogP contribution in [0, 0.1) is 29.1 Å². The van der Waals surface area contributed by atoms with E-state index in [1.54, 1.807) is 0 Å². The molecule has 0 heterocycles. The zero-order chi connectivity index (χ0) is 10.9. The van der Waals surface area contributed by atoms with Crippen molar-refractivity contribution in [1.82, 2.24) is 0 Å². The average Bonchev–Trinajstić information content (AvgIpc) is 2.19. The highest BCUT2D eigenvalue weighted by molar-refractivity contribution is 5.30. The summed E-state index contributed by atoms with van der Waals surface area (Å²) in [6.45, 7) is 2.93. The predicted molar refractivity (Wildman–Crippen MR) is 37.1 cm³/mol. The average molecular weight is 210 g/mol. The van der Waals surface area contributed by atoms with E-state index < -0.39 is 34.8 Å². The fraction of sp³-hybridized carbons (Fsp3) is 0. The topological polar surface area (TPSA) is 9.23 Å². The van der Waals surface area contributed by atoms with Crippen molar-refractivity contribution in [3.8, 4) is 5.75 Å². The van der Waals surface area contributed by atoms with Crippen LogP contribution in [0.5, 0.6) is 5.75 Å². The summed E-state index contributed by atoms with van der Waals surface area (Å²) in [7, 11) is 0. The van der Waals surface area contributed by atoms with Gasteiger partial charge in [0.25, 0.3) is 0 Å². The van der Waals surface area contributed by atoms with Gasteiger partial charge in [0.05, 0.1) is 6.26 Å². The summed E-state index contributed by atoms with van der Waals surface area (Å²) in [6.07, 6.45) is 0.554. The van der Waals surface area contributed by atoms with Gasteiger partial charge in [0, 0.05) is 0 Å². The highest BCUT2D eigenvalue weighted by atomic mass is 19.2. The van der Waals surface area contributed by atoms with Crippen LogP contribution in [0.2, 0.25) is 0 Å². The second-order valence-electron chi connectivity index (χ2n) is 2.18. The zero-order valence-corrected chi connectivity index (χ0v) is 6.58. The molecule has 0 aromatic heterocycles. The Morgan fingerprint density at radius 3 is 1.50 bits per heavy atom. The third-order valence-electron chi connectivity index (χ3n) is 1.37. The minimum absolute atomic E-state index is 0.554. The van der Waals surface area contributed by atoms with Crippen molar-refractivity contribution in [3.05, 3.63) is 41.9 Å². The number of rotatable bonds is 2. The Bertz CT molecular complexity index is 359. The lowest BCUT2D eigenvalue weighted by Gasteiger charge is -2.05. The minimum Gasteiger partial charge on any atom is -0.459 e. The van der Waals surface area contributed by atoms with Crippen LogP contribution in [0.4, 0.5) is 22.0 Å². The maximum atomic E-state index is 12.7. The van der Waals surface area contributed by atoms with Crippen LogP contribution in [0.3, 0.4) is 0 Å². The summed E-state index contributed by atoms with van der Waals surface area (Å²) in [5.74, 6) is -11.8. The van der Waals surface area contributed by atoms with E-state index in [2.05, 4.69) is 11.3 Å². The van der Waals surface area contributed by atoms with Gasteiger partial charge >= 0.3 is 0 Å². The fourth-order valence-electron chi connectivity index (χ4n) is 0.772. The third-order valence-corrected chi connectivity index (χ3v) is 1.37. The lowest BCUT2D eigenvalue weighted by atomic mass is 10.3. The molecule has 1 aromatic rings. The molecule has 1 rings (SSSR count). The number of halogens is 5. The molecule has 0 N–H and O–H groups in total. The summed E-state index contributed by atoms with van der Waals surface area (Å²) < 4.78 is 66.8. The SMILES string of the molecule is C=COc1c(F)c(F)c(F)c(F)c1F. The molecule has 76 valence electrons. The van der Waals surface area contributed by atoms with Gasteiger partial charge in [-0.25, -0.2) is 13.2 Å². The van der Waals surface area contributed by atoms with E-state index in [0.29, 0.717) is 6.26 Å². The molecule has 0 saturated heterocycles. The van der Waals surface area contributed by atoms with Crippen LogP contribution in [0.15, 0.2) is 12.8 Å². The van der Waals surface area contributed by atoms with Crippen molar-refractivity contribution in [2.24, 2.45) is 0 Å². The van der Waals surface area contributed by atoms with Gasteiger partial charge in [0.2, 0.25) is 34.8 Å². The maximum Gasteiger partial charge on any atom is 0.207 e. The molecule has 0 bridgehead atoms. The largest absolute Gasteiger partial charge is 0.459 e. The molecule has 0 radical (unpaired) electrons. The van der Waals surface area contributed by atoms with Crippen molar-refractivity contribution in [1.29, 1.82) is 0 Å². The summed E-state index contributed by atoms with van der Waals surface area (Å²) in [5.41, 5.74) is 0. The van der Waals surface area contributed by atoms with Gasteiger partial charge in [-0.2, -0.15) is 8.78 Å². The van der Waals surface area contributed by atoms with E-state index in [0.717, 1.165) is 0 Å². The number of benzene rings is 1. The zero-order valence-electron chi connectivity index (χ0n) is 6.58. The third kappa shape index (κ3) is 1.43. The van der Waals surface area contributed by atoms with Crippen molar-refractivity contribution in [2.75, 3.05) is 0 Å². The second kappa shape index (κ2) is 3.65. The monoisotopic (exact) mass is 210 g/mol. The molecule has 0 saturated carbocycles. The van der Waals surface area contributed by atoms with Crippen LogP contribution in [-0.2, 0) is 0 Å². The molecule has 14 heavy (non-hydrogen) atoms. The molecule has 1 nitrogen and oxygen atoms in total. The van der Waals surface area contributed by atoms with E-state index in [1.165, 1.54) is 0 Å². The lowest BCUT2D eigenvalue weighted by Crippen LogP contribution is -2.03. The fourth-order valence-corrected chi connectivity index (χ4v) is 0.772. The van der Waals surface area contributed by atoms with E-state index in [4.69, 9.17) is 0 Å². The molecule has 0 fully saturated rings. The smallest absolute Gasteiger partial charge is 0.207 e. The van der Waals surface area contributed by atoms with Crippen molar-refractivity contribution >= 4 is 0 Å². The van der Waals surface area contributed by atoms with Gasteiger partial charge in [0.1, 0.15) is 0 Å². The van der Waals surface area contributed by atoms with Crippen LogP contribution in [0.1, 0.15) is 0 Å². The predicted octanol–water partition coefficient (Wildman–Crippen LogP) is 2.90. The highest BCUT2D eigenvalue weighted by Crippen LogP contribution is 2.28. The van der Waals surface area contributed by atoms with Crippen LogP contribution < -0.4 is 4.74 Å². The second-order valence-corrected chi connectivity index (χ2v) is 2.18. The van der Waals surface area contributed by atoms with E-state index in [-0.39, 0.29) is 0 Å².